The van der Waals surface area contributed by atoms with Gasteiger partial charge in [0.2, 0.25) is 17.7 Å². The number of hydrogen-bond donors (Lipinski definition) is 2. The second kappa shape index (κ2) is 6.00. The van der Waals surface area contributed by atoms with E-state index >= 15 is 0 Å². The monoisotopic (exact) mass is 279 g/mol. The average Bonchev–Trinajstić information content (AvgIpc) is 2.91. The van der Waals surface area contributed by atoms with Crippen molar-refractivity contribution in [1.82, 2.24) is 15.5 Å². The summed E-state index contributed by atoms with van der Waals surface area (Å²) in [6, 6.07) is 1.50. The van der Waals surface area contributed by atoms with Crippen molar-refractivity contribution in [3.05, 3.63) is 24.2 Å². The molecule has 8 nitrogen and oxygen atoms in total. The molecule has 1 fully saturated rings. The largest absolute Gasteiger partial charge is 0.472 e. The predicted octanol–water partition coefficient (Wildman–Crippen LogP) is -1.12. The first-order chi connectivity index (χ1) is 9.56. The van der Waals surface area contributed by atoms with Gasteiger partial charge in [0.1, 0.15) is 19.4 Å². The minimum atomic E-state index is -0.503. The molecule has 1 aromatic rings. The van der Waals surface area contributed by atoms with E-state index in [4.69, 9.17) is 4.42 Å². The van der Waals surface area contributed by atoms with E-state index in [1.807, 2.05) is 0 Å². The molecule has 2 rings (SSSR count). The summed E-state index contributed by atoms with van der Waals surface area (Å²) < 4.78 is 4.76. The predicted molar refractivity (Wildman–Crippen MR) is 65.4 cm³/mol. The summed E-state index contributed by atoms with van der Waals surface area (Å²) in [6.07, 6.45) is 2.69. The van der Waals surface area contributed by atoms with Crippen molar-refractivity contribution in [2.75, 3.05) is 19.6 Å². The highest BCUT2D eigenvalue weighted by Crippen LogP contribution is 2.01. The maximum absolute atomic E-state index is 11.8. The van der Waals surface area contributed by atoms with Gasteiger partial charge in [-0.25, -0.2) is 0 Å². The molecule has 0 atom stereocenters. The van der Waals surface area contributed by atoms with Crippen molar-refractivity contribution >= 4 is 23.6 Å². The van der Waals surface area contributed by atoms with Crippen LogP contribution in [-0.2, 0) is 14.4 Å². The Morgan fingerprint density at radius 2 is 2.00 bits per heavy atom. The Kier molecular flexibility index (Phi) is 4.14. The van der Waals surface area contributed by atoms with Gasteiger partial charge in [-0.3, -0.25) is 24.5 Å². The zero-order valence-electron chi connectivity index (χ0n) is 10.5. The van der Waals surface area contributed by atoms with Gasteiger partial charge in [-0.05, 0) is 6.07 Å². The van der Waals surface area contributed by atoms with Gasteiger partial charge < -0.3 is 14.6 Å². The second-order valence-electron chi connectivity index (χ2n) is 4.24. The van der Waals surface area contributed by atoms with Crippen LogP contribution in [0.1, 0.15) is 16.8 Å². The molecule has 0 aromatic carbocycles. The minimum absolute atomic E-state index is 0.0180. The van der Waals surface area contributed by atoms with Crippen molar-refractivity contribution in [3.8, 4) is 0 Å². The molecule has 106 valence electrons. The van der Waals surface area contributed by atoms with Crippen LogP contribution in [0.4, 0.5) is 0 Å². The highest BCUT2D eigenvalue weighted by atomic mass is 16.3. The minimum Gasteiger partial charge on any atom is -0.472 e. The number of nitrogens with zero attached hydrogens (tertiary/aromatic N) is 1. The number of hydrogen-bond acceptors (Lipinski definition) is 5. The summed E-state index contributed by atoms with van der Waals surface area (Å²) in [6.45, 7) is -0.157. The van der Waals surface area contributed by atoms with Gasteiger partial charge >= 0.3 is 0 Å². The molecule has 0 unspecified atom stereocenters. The zero-order valence-corrected chi connectivity index (χ0v) is 10.5. The number of nitrogens with one attached hydrogen (secondary N) is 2. The number of rotatable bonds is 4. The first-order valence-corrected chi connectivity index (χ1v) is 5.97. The standard InChI is InChI=1S/C12H13N3O5/c16-9-5-15(6-10(17)14-9)11(18)1-3-13-12(19)8-2-4-20-7-8/h2,4,7H,1,3,5-6H2,(H,13,19)(H,14,16,17). The van der Waals surface area contributed by atoms with E-state index in [0.29, 0.717) is 5.56 Å². The molecule has 1 aliphatic heterocycles. The molecule has 4 amide bonds. The van der Waals surface area contributed by atoms with Gasteiger partial charge in [-0.1, -0.05) is 0 Å². The lowest BCUT2D eigenvalue weighted by atomic mass is 10.2. The molecule has 0 saturated carbocycles. The maximum atomic E-state index is 11.8. The lowest BCUT2D eigenvalue weighted by molar-refractivity contribution is -0.145. The van der Waals surface area contributed by atoms with Crippen LogP contribution in [0.15, 0.2) is 23.0 Å². The van der Waals surface area contributed by atoms with Crippen LogP contribution in [0.3, 0.4) is 0 Å². The molecule has 8 heteroatoms. The molecule has 20 heavy (non-hydrogen) atoms. The number of carbonyl (C=O) groups excluding carboxylic acids is 4. The molecule has 1 aliphatic rings. The lowest BCUT2D eigenvalue weighted by Crippen LogP contribution is -2.53. The van der Waals surface area contributed by atoms with Crippen molar-refractivity contribution in [2.24, 2.45) is 0 Å². The molecule has 1 aromatic heterocycles. The molecule has 0 bridgehead atoms. The van der Waals surface area contributed by atoms with Crippen LogP contribution in [0.2, 0.25) is 0 Å². The van der Waals surface area contributed by atoms with E-state index in [1.54, 1.807) is 0 Å². The maximum Gasteiger partial charge on any atom is 0.254 e. The SMILES string of the molecule is O=C1CN(C(=O)CCNC(=O)c2ccoc2)CC(=O)N1. The lowest BCUT2D eigenvalue weighted by Gasteiger charge is -2.25. The second-order valence-corrected chi connectivity index (χ2v) is 4.24. The topological polar surface area (TPSA) is 109 Å². The zero-order chi connectivity index (χ0) is 14.5. The molecule has 0 radical (unpaired) electrons. The summed E-state index contributed by atoms with van der Waals surface area (Å²) >= 11 is 0. The highest BCUT2D eigenvalue weighted by molar-refractivity contribution is 6.02. The first-order valence-electron chi connectivity index (χ1n) is 5.97. The van der Waals surface area contributed by atoms with Crippen LogP contribution in [-0.4, -0.2) is 48.2 Å². The van der Waals surface area contributed by atoms with Crippen LogP contribution in [0, 0.1) is 0 Å². The number of imide groups is 1. The van der Waals surface area contributed by atoms with E-state index in [9.17, 15) is 19.2 Å². The van der Waals surface area contributed by atoms with Gasteiger partial charge in [0.05, 0.1) is 11.8 Å². The third-order valence-electron chi connectivity index (χ3n) is 2.71. The van der Waals surface area contributed by atoms with Crippen molar-refractivity contribution < 1.29 is 23.6 Å². The number of piperazine rings is 1. The van der Waals surface area contributed by atoms with Crippen molar-refractivity contribution in [3.63, 3.8) is 0 Å². The molecule has 0 aliphatic carbocycles. The first kappa shape index (κ1) is 13.8. The summed E-state index contributed by atoms with van der Waals surface area (Å²) in [4.78, 5) is 46.7. The third-order valence-corrected chi connectivity index (χ3v) is 2.71. The Morgan fingerprint density at radius 3 is 2.60 bits per heavy atom. The van der Waals surface area contributed by atoms with E-state index in [1.165, 1.54) is 18.6 Å². The summed E-state index contributed by atoms with van der Waals surface area (Å²) in [5.41, 5.74) is 0.366. The van der Waals surface area contributed by atoms with Gasteiger partial charge in [0, 0.05) is 13.0 Å². The fraction of sp³-hybridized carbons (Fsp3) is 0.333. The molecule has 2 heterocycles. The van der Waals surface area contributed by atoms with Crippen LogP contribution >= 0.6 is 0 Å². The Balaban J connectivity index is 1.76. The smallest absolute Gasteiger partial charge is 0.254 e. The highest BCUT2D eigenvalue weighted by Gasteiger charge is 2.25. The quantitative estimate of drug-likeness (QED) is 0.679. The van der Waals surface area contributed by atoms with Gasteiger partial charge in [0.25, 0.3) is 5.91 Å². The van der Waals surface area contributed by atoms with E-state index in [-0.39, 0.29) is 37.9 Å². The van der Waals surface area contributed by atoms with Crippen molar-refractivity contribution in [1.29, 1.82) is 0 Å². The van der Waals surface area contributed by atoms with E-state index in [0.717, 1.165) is 4.90 Å². The summed E-state index contributed by atoms with van der Waals surface area (Å²) in [7, 11) is 0. The van der Waals surface area contributed by atoms with Gasteiger partial charge in [-0.2, -0.15) is 0 Å². The van der Waals surface area contributed by atoms with Crippen LogP contribution in [0.5, 0.6) is 0 Å². The fourth-order valence-corrected chi connectivity index (χ4v) is 1.75. The average molecular weight is 279 g/mol. The summed E-state index contributed by atoms with van der Waals surface area (Å²) in [5, 5.41) is 4.65. The van der Waals surface area contributed by atoms with Crippen molar-refractivity contribution in [2.45, 2.75) is 6.42 Å². The Morgan fingerprint density at radius 1 is 1.30 bits per heavy atom. The fourth-order valence-electron chi connectivity index (χ4n) is 1.75. The molecular weight excluding hydrogens is 266 g/mol. The molecule has 1 saturated heterocycles. The number of carbonyl (C=O) groups is 4. The van der Waals surface area contributed by atoms with Crippen LogP contribution in [0.25, 0.3) is 0 Å². The molecule has 2 N–H and O–H groups in total. The Bertz CT molecular complexity index is 521. The summed E-state index contributed by atoms with van der Waals surface area (Å²) in [5.74, 6) is -1.71. The van der Waals surface area contributed by atoms with Crippen LogP contribution < -0.4 is 10.6 Å². The molecular formula is C12H13N3O5. The van der Waals surface area contributed by atoms with E-state index in [2.05, 4.69) is 10.6 Å². The van der Waals surface area contributed by atoms with E-state index < -0.39 is 11.8 Å². The van der Waals surface area contributed by atoms with Gasteiger partial charge in [-0.15, -0.1) is 0 Å². The molecule has 0 spiro atoms. The number of furan rings is 1. The normalized spacial score (nSPS) is 14.9. The van der Waals surface area contributed by atoms with Gasteiger partial charge in [0.15, 0.2) is 0 Å². The number of amides is 4. The Labute approximate surface area is 114 Å². The Hall–Kier alpha value is -2.64. The third kappa shape index (κ3) is 3.44.